The van der Waals surface area contributed by atoms with Gasteiger partial charge in [0.15, 0.2) is 0 Å². The average Bonchev–Trinajstić information content (AvgIpc) is 2.27. The molecule has 1 aromatic rings. The molecule has 2 heteroatoms. The highest BCUT2D eigenvalue weighted by Crippen LogP contribution is 2.18. The van der Waals surface area contributed by atoms with Crippen molar-refractivity contribution >= 4 is 22.6 Å². The maximum absolute atomic E-state index is 5.85. The first-order valence-electron chi connectivity index (χ1n) is 6.14. The van der Waals surface area contributed by atoms with E-state index in [1.807, 2.05) is 12.1 Å². The predicted molar refractivity (Wildman–Crippen MR) is 78.0 cm³/mol. The van der Waals surface area contributed by atoms with Gasteiger partial charge in [0, 0.05) is 3.57 Å². The third-order valence-corrected chi connectivity index (χ3v) is 3.35. The van der Waals surface area contributed by atoms with E-state index in [1.54, 1.807) is 0 Å². The summed E-state index contributed by atoms with van der Waals surface area (Å²) in [7, 11) is 0. The Morgan fingerprint density at radius 2 is 1.88 bits per heavy atom. The van der Waals surface area contributed by atoms with E-state index in [9.17, 15) is 0 Å². The number of rotatable bonds is 7. The molecular weight excluding hydrogens is 311 g/mol. The first-order valence-corrected chi connectivity index (χ1v) is 7.22. The first kappa shape index (κ1) is 13.8. The van der Waals surface area contributed by atoms with Gasteiger partial charge < -0.3 is 4.74 Å². The maximum Gasteiger partial charge on any atom is 0.120 e. The van der Waals surface area contributed by atoms with Crippen LogP contribution in [-0.2, 0) is 0 Å². The lowest BCUT2D eigenvalue weighted by Gasteiger charge is -2.16. The van der Waals surface area contributed by atoms with Crippen LogP contribution in [0.5, 0.6) is 5.75 Å². The second kappa shape index (κ2) is 7.93. The van der Waals surface area contributed by atoms with Gasteiger partial charge in [-0.2, -0.15) is 0 Å². The van der Waals surface area contributed by atoms with Gasteiger partial charge in [-0.25, -0.2) is 0 Å². The Kier molecular flexibility index (Phi) is 6.85. The zero-order chi connectivity index (χ0) is 11.8. The van der Waals surface area contributed by atoms with Gasteiger partial charge in [-0.05, 0) is 59.5 Å². The highest BCUT2D eigenvalue weighted by atomic mass is 127. The molecule has 0 aliphatic rings. The van der Waals surface area contributed by atoms with E-state index in [2.05, 4.69) is 48.6 Å². The van der Waals surface area contributed by atoms with Gasteiger partial charge in [0.2, 0.25) is 0 Å². The van der Waals surface area contributed by atoms with Crippen molar-refractivity contribution in [1.82, 2.24) is 0 Å². The molecule has 0 fully saturated rings. The molecule has 0 radical (unpaired) electrons. The molecule has 0 unspecified atom stereocenters. The van der Waals surface area contributed by atoms with Crippen molar-refractivity contribution < 1.29 is 4.74 Å². The summed E-state index contributed by atoms with van der Waals surface area (Å²) in [5, 5.41) is 0. The van der Waals surface area contributed by atoms with E-state index >= 15 is 0 Å². The fraction of sp³-hybridized carbons (Fsp3) is 0.571. The van der Waals surface area contributed by atoms with Crippen LogP contribution < -0.4 is 4.74 Å². The number of benzene rings is 1. The molecule has 0 atom stereocenters. The molecule has 90 valence electrons. The molecule has 0 amide bonds. The van der Waals surface area contributed by atoms with Gasteiger partial charge in [-0.3, -0.25) is 0 Å². The Balaban J connectivity index is 2.41. The van der Waals surface area contributed by atoms with Crippen molar-refractivity contribution in [2.24, 2.45) is 5.92 Å². The fourth-order valence-electron chi connectivity index (χ4n) is 1.90. The Morgan fingerprint density at radius 1 is 1.19 bits per heavy atom. The van der Waals surface area contributed by atoms with Crippen LogP contribution in [0, 0.1) is 9.49 Å². The lowest BCUT2D eigenvalue weighted by Crippen LogP contribution is -2.11. The molecular formula is C14H21IO. The van der Waals surface area contributed by atoms with E-state index in [-0.39, 0.29) is 0 Å². The van der Waals surface area contributed by atoms with Crippen LogP contribution in [0.25, 0.3) is 0 Å². The summed E-state index contributed by atoms with van der Waals surface area (Å²) in [6.07, 6.45) is 5.05. The smallest absolute Gasteiger partial charge is 0.120 e. The summed E-state index contributed by atoms with van der Waals surface area (Å²) in [4.78, 5) is 0. The topological polar surface area (TPSA) is 9.23 Å². The van der Waals surface area contributed by atoms with Gasteiger partial charge in [-0.1, -0.05) is 32.8 Å². The number of hydrogen-bond donors (Lipinski definition) is 0. The zero-order valence-electron chi connectivity index (χ0n) is 10.2. The molecule has 0 spiro atoms. The Morgan fingerprint density at radius 3 is 2.44 bits per heavy atom. The van der Waals surface area contributed by atoms with Crippen LogP contribution in [0.3, 0.4) is 0 Å². The summed E-state index contributed by atoms with van der Waals surface area (Å²) >= 11 is 2.32. The second-order valence-electron chi connectivity index (χ2n) is 4.21. The minimum atomic E-state index is 0.716. The highest BCUT2D eigenvalue weighted by Gasteiger charge is 2.07. The fourth-order valence-corrected chi connectivity index (χ4v) is 2.41. The molecule has 0 aliphatic heterocycles. The van der Waals surface area contributed by atoms with Crippen molar-refractivity contribution in [2.75, 3.05) is 6.61 Å². The monoisotopic (exact) mass is 332 g/mol. The molecule has 0 saturated heterocycles. The molecule has 0 N–H and O–H groups in total. The summed E-state index contributed by atoms with van der Waals surface area (Å²) in [6.45, 7) is 5.35. The van der Waals surface area contributed by atoms with Crippen LogP contribution in [0.2, 0.25) is 0 Å². The first-order chi connectivity index (χ1) is 7.76. The third kappa shape index (κ3) is 5.19. The van der Waals surface area contributed by atoms with Crippen LogP contribution in [0.15, 0.2) is 24.3 Å². The third-order valence-electron chi connectivity index (χ3n) is 2.68. The van der Waals surface area contributed by atoms with Gasteiger partial charge in [0.05, 0.1) is 6.61 Å². The van der Waals surface area contributed by atoms with Gasteiger partial charge in [-0.15, -0.1) is 0 Å². The number of ether oxygens (including phenoxy) is 1. The Hall–Kier alpha value is -0.250. The van der Waals surface area contributed by atoms with Crippen LogP contribution in [0.1, 0.15) is 39.5 Å². The molecule has 0 heterocycles. The molecule has 0 aromatic heterocycles. The Labute approximate surface area is 113 Å². The van der Waals surface area contributed by atoms with Crippen molar-refractivity contribution in [3.05, 3.63) is 27.8 Å². The lowest BCUT2D eigenvalue weighted by atomic mass is 9.99. The predicted octanol–water partition coefficient (Wildman–Crippen LogP) is 4.89. The molecule has 1 aromatic carbocycles. The van der Waals surface area contributed by atoms with E-state index in [0.717, 1.165) is 12.4 Å². The molecule has 1 rings (SSSR count). The zero-order valence-corrected chi connectivity index (χ0v) is 12.4. The number of hydrogen-bond acceptors (Lipinski definition) is 1. The van der Waals surface area contributed by atoms with Gasteiger partial charge in [0.1, 0.15) is 5.75 Å². The molecule has 16 heavy (non-hydrogen) atoms. The SMILES string of the molecule is CCCC(CCC)COc1cccc(I)c1. The molecule has 0 bridgehead atoms. The van der Waals surface area contributed by atoms with E-state index in [0.29, 0.717) is 5.92 Å². The maximum atomic E-state index is 5.85. The van der Waals surface area contributed by atoms with Gasteiger partial charge >= 0.3 is 0 Å². The summed E-state index contributed by atoms with van der Waals surface area (Å²) in [6, 6.07) is 8.27. The largest absolute Gasteiger partial charge is 0.493 e. The van der Waals surface area contributed by atoms with E-state index < -0.39 is 0 Å². The lowest BCUT2D eigenvalue weighted by molar-refractivity contribution is 0.229. The summed E-state index contributed by atoms with van der Waals surface area (Å²) in [5.41, 5.74) is 0. The minimum absolute atomic E-state index is 0.716. The average molecular weight is 332 g/mol. The molecule has 1 nitrogen and oxygen atoms in total. The van der Waals surface area contributed by atoms with Crippen LogP contribution in [-0.4, -0.2) is 6.61 Å². The van der Waals surface area contributed by atoms with E-state index in [4.69, 9.17) is 4.74 Å². The van der Waals surface area contributed by atoms with Crippen molar-refractivity contribution in [3.63, 3.8) is 0 Å². The number of halogens is 1. The van der Waals surface area contributed by atoms with E-state index in [1.165, 1.54) is 29.3 Å². The summed E-state index contributed by atoms with van der Waals surface area (Å²) < 4.78 is 7.08. The standard InChI is InChI=1S/C14H21IO/c1-3-6-12(7-4-2)11-16-14-9-5-8-13(15)10-14/h5,8-10,12H,3-4,6-7,11H2,1-2H3. The van der Waals surface area contributed by atoms with Crippen molar-refractivity contribution in [1.29, 1.82) is 0 Å². The molecule has 0 saturated carbocycles. The molecule has 0 aliphatic carbocycles. The summed E-state index contributed by atoms with van der Waals surface area (Å²) in [5.74, 6) is 1.72. The Bertz CT molecular complexity index is 293. The highest BCUT2D eigenvalue weighted by molar-refractivity contribution is 14.1. The quantitative estimate of drug-likeness (QED) is 0.646. The van der Waals surface area contributed by atoms with Crippen LogP contribution in [0.4, 0.5) is 0 Å². The normalized spacial score (nSPS) is 10.8. The minimum Gasteiger partial charge on any atom is -0.493 e. The van der Waals surface area contributed by atoms with Crippen LogP contribution >= 0.6 is 22.6 Å². The van der Waals surface area contributed by atoms with Crippen molar-refractivity contribution in [3.8, 4) is 5.75 Å². The second-order valence-corrected chi connectivity index (χ2v) is 5.46. The van der Waals surface area contributed by atoms with Crippen molar-refractivity contribution in [2.45, 2.75) is 39.5 Å². The van der Waals surface area contributed by atoms with Gasteiger partial charge in [0.25, 0.3) is 0 Å².